The molecule has 1 unspecified atom stereocenters. The third-order valence-corrected chi connectivity index (χ3v) is 2.50. The van der Waals surface area contributed by atoms with E-state index in [2.05, 4.69) is 5.32 Å². The Morgan fingerprint density at radius 3 is 2.71 bits per heavy atom. The van der Waals surface area contributed by atoms with Crippen molar-refractivity contribution in [2.24, 2.45) is 7.05 Å². The Balaban J connectivity index is 2.56. The molecule has 0 aliphatic heterocycles. The highest BCUT2D eigenvalue weighted by atomic mass is 16.5. The molecule has 0 spiro atoms. The zero-order valence-electron chi connectivity index (χ0n) is 10.5. The van der Waals surface area contributed by atoms with E-state index in [1.807, 2.05) is 6.92 Å². The SMILES string of the molecule is COCC(C)NCCn1ccn(C)c(=O)c1=O. The van der Waals surface area contributed by atoms with E-state index in [0.29, 0.717) is 19.7 Å². The largest absolute Gasteiger partial charge is 0.383 e. The predicted octanol–water partition coefficient (Wildman–Crippen LogP) is -0.828. The van der Waals surface area contributed by atoms with Crippen LogP contribution in [0.2, 0.25) is 0 Å². The Morgan fingerprint density at radius 1 is 1.35 bits per heavy atom. The molecule has 1 heterocycles. The lowest BCUT2D eigenvalue weighted by Gasteiger charge is -2.13. The highest BCUT2D eigenvalue weighted by Gasteiger charge is 2.03. The zero-order valence-corrected chi connectivity index (χ0v) is 10.5. The van der Waals surface area contributed by atoms with E-state index in [9.17, 15) is 9.59 Å². The minimum absolute atomic E-state index is 0.224. The van der Waals surface area contributed by atoms with Gasteiger partial charge in [-0.1, -0.05) is 0 Å². The van der Waals surface area contributed by atoms with Gasteiger partial charge < -0.3 is 19.2 Å². The van der Waals surface area contributed by atoms with Crippen molar-refractivity contribution in [1.82, 2.24) is 14.5 Å². The van der Waals surface area contributed by atoms with Gasteiger partial charge in [0.25, 0.3) is 0 Å². The van der Waals surface area contributed by atoms with Crippen molar-refractivity contribution in [3.63, 3.8) is 0 Å². The van der Waals surface area contributed by atoms with Crippen LogP contribution in [0.25, 0.3) is 0 Å². The smallest absolute Gasteiger partial charge is 0.316 e. The van der Waals surface area contributed by atoms with Crippen molar-refractivity contribution >= 4 is 0 Å². The van der Waals surface area contributed by atoms with Gasteiger partial charge in [0.15, 0.2) is 0 Å². The number of hydrogen-bond acceptors (Lipinski definition) is 4. The van der Waals surface area contributed by atoms with Crippen LogP contribution in [0.15, 0.2) is 22.0 Å². The second kappa shape index (κ2) is 6.36. The zero-order chi connectivity index (χ0) is 12.8. The van der Waals surface area contributed by atoms with Gasteiger partial charge in [0, 0.05) is 45.7 Å². The first kappa shape index (κ1) is 13.7. The number of ether oxygens (including phenoxy) is 1. The lowest BCUT2D eigenvalue weighted by Crippen LogP contribution is -2.42. The van der Waals surface area contributed by atoms with E-state index in [1.54, 1.807) is 26.6 Å². The molecule has 96 valence electrons. The van der Waals surface area contributed by atoms with Crippen LogP contribution in [0.4, 0.5) is 0 Å². The van der Waals surface area contributed by atoms with Crippen molar-refractivity contribution in [1.29, 1.82) is 0 Å². The van der Waals surface area contributed by atoms with Crippen LogP contribution in [-0.2, 0) is 18.3 Å². The van der Waals surface area contributed by atoms with Gasteiger partial charge in [-0.15, -0.1) is 0 Å². The van der Waals surface area contributed by atoms with Crippen molar-refractivity contribution in [2.75, 3.05) is 20.3 Å². The van der Waals surface area contributed by atoms with Crippen molar-refractivity contribution < 1.29 is 4.74 Å². The number of aryl methyl sites for hydroxylation is 1. The van der Waals surface area contributed by atoms with Gasteiger partial charge in [-0.25, -0.2) is 0 Å². The highest BCUT2D eigenvalue weighted by molar-refractivity contribution is 4.84. The average molecular weight is 241 g/mol. The molecular formula is C11H19N3O3. The van der Waals surface area contributed by atoms with Crippen LogP contribution in [0.1, 0.15) is 6.92 Å². The summed E-state index contributed by atoms with van der Waals surface area (Å²) in [4.78, 5) is 22.9. The fourth-order valence-corrected chi connectivity index (χ4v) is 1.51. The minimum atomic E-state index is -0.502. The molecule has 0 radical (unpaired) electrons. The summed E-state index contributed by atoms with van der Waals surface area (Å²) in [6, 6.07) is 0.224. The summed E-state index contributed by atoms with van der Waals surface area (Å²) in [5.41, 5.74) is -0.992. The summed E-state index contributed by atoms with van der Waals surface area (Å²) in [5, 5.41) is 3.20. The van der Waals surface area contributed by atoms with Gasteiger partial charge >= 0.3 is 11.1 Å². The van der Waals surface area contributed by atoms with Gasteiger partial charge in [0.05, 0.1) is 6.61 Å². The Labute approximate surface area is 99.8 Å². The van der Waals surface area contributed by atoms with Crippen molar-refractivity contribution in [3.05, 3.63) is 33.1 Å². The fraction of sp³-hybridized carbons (Fsp3) is 0.636. The summed E-state index contributed by atoms with van der Waals surface area (Å²) in [7, 11) is 3.20. The molecule has 0 saturated carbocycles. The molecule has 1 N–H and O–H groups in total. The summed E-state index contributed by atoms with van der Waals surface area (Å²) in [5.74, 6) is 0. The normalized spacial score (nSPS) is 12.6. The molecule has 0 bridgehead atoms. The van der Waals surface area contributed by atoms with Crippen LogP contribution in [0, 0.1) is 0 Å². The Morgan fingerprint density at radius 2 is 2.06 bits per heavy atom. The number of methoxy groups -OCH3 is 1. The topological polar surface area (TPSA) is 65.3 Å². The summed E-state index contributed by atoms with van der Waals surface area (Å²) < 4.78 is 7.67. The van der Waals surface area contributed by atoms with Gasteiger partial charge in [0.1, 0.15) is 0 Å². The molecule has 0 fully saturated rings. The van der Waals surface area contributed by atoms with E-state index in [0.717, 1.165) is 0 Å². The third kappa shape index (κ3) is 3.83. The van der Waals surface area contributed by atoms with Crippen molar-refractivity contribution in [2.45, 2.75) is 19.5 Å². The molecule has 1 rings (SSSR count). The van der Waals surface area contributed by atoms with E-state index in [-0.39, 0.29) is 6.04 Å². The summed E-state index contributed by atoms with van der Waals surface area (Å²) >= 11 is 0. The van der Waals surface area contributed by atoms with Gasteiger partial charge in [-0.05, 0) is 6.92 Å². The molecule has 6 heteroatoms. The van der Waals surface area contributed by atoms with E-state index >= 15 is 0 Å². The van der Waals surface area contributed by atoms with E-state index in [4.69, 9.17) is 4.74 Å². The number of hydrogen-bond donors (Lipinski definition) is 1. The Hall–Kier alpha value is -1.40. The van der Waals surface area contributed by atoms with Crippen LogP contribution >= 0.6 is 0 Å². The molecule has 1 aromatic rings. The Kier molecular flexibility index (Phi) is 5.11. The molecule has 0 aliphatic carbocycles. The predicted molar refractivity (Wildman–Crippen MR) is 65.3 cm³/mol. The third-order valence-electron chi connectivity index (χ3n) is 2.50. The molecule has 6 nitrogen and oxygen atoms in total. The van der Waals surface area contributed by atoms with E-state index < -0.39 is 11.1 Å². The van der Waals surface area contributed by atoms with Gasteiger partial charge in [-0.3, -0.25) is 9.59 Å². The number of aromatic nitrogens is 2. The molecule has 0 saturated heterocycles. The maximum absolute atomic E-state index is 11.6. The molecule has 0 aliphatic rings. The molecular weight excluding hydrogens is 222 g/mol. The number of nitrogens with zero attached hydrogens (tertiary/aromatic N) is 2. The first-order valence-electron chi connectivity index (χ1n) is 5.54. The van der Waals surface area contributed by atoms with Gasteiger partial charge in [0.2, 0.25) is 0 Å². The van der Waals surface area contributed by atoms with Gasteiger partial charge in [-0.2, -0.15) is 0 Å². The standard InChI is InChI=1S/C11H19N3O3/c1-9(8-17-3)12-4-5-14-7-6-13(2)10(15)11(14)16/h6-7,9,12H,4-5,8H2,1-3H3. The highest BCUT2D eigenvalue weighted by Crippen LogP contribution is 1.83. The lowest BCUT2D eigenvalue weighted by molar-refractivity contribution is 0.172. The fourth-order valence-electron chi connectivity index (χ4n) is 1.51. The van der Waals surface area contributed by atoms with Crippen LogP contribution < -0.4 is 16.4 Å². The van der Waals surface area contributed by atoms with Crippen LogP contribution in [-0.4, -0.2) is 35.4 Å². The average Bonchev–Trinajstić information content (AvgIpc) is 2.29. The number of nitrogens with one attached hydrogen (secondary N) is 1. The second-order valence-electron chi connectivity index (χ2n) is 4.02. The first-order valence-corrected chi connectivity index (χ1v) is 5.54. The van der Waals surface area contributed by atoms with Crippen molar-refractivity contribution in [3.8, 4) is 0 Å². The summed E-state index contributed by atoms with van der Waals surface area (Å²) in [6.45, 7) is 3.71. The maximum atomic E-state index is 11.6. The van der Waals surface area contributed by atoms with Crippen LogP contribution in [0.5, 0.6) is 0 Å². The molecule has 0 aromatic carbocycles. The van der Waals surface area contributed by atoms with Crippen LogP contribution in [0.3, 0.4) is 0 Å². The Bertz CT molecular complexity index is 464. The minimum Gasteiger partial charge on any atom is -0.383 e. The molecule has 0 amide bonds. The number of rotatable bonds is 6. The summed E-state index contributed by atoms with van der Waals surface area (Å²) in [6.07, 6.45) is 3.20. The molecule has 1 aromatic heterocycles. The van der Waals surface area contributed by atoms with E-state index in [1.165, 1.54) is 9.13 Å². The first-order chi connectivity index (χ1) is 8.06. The lowest BCUT2D eigenvalue weighted by atomic mass is 10.3. The quantitative estimate of drug-likeness (QED) is 0.660. The maximum Gasteiger partial charge on any atom is 0.316 e. The molecule has 1 atom stereocenters. The molecule has 17 heavy (non-hydrogen) atoms. The monoisotopic (exact) mass is 241 g/mol. The second-order valence-corrected chi connectivity index (χ2v) is 4.02.